The predicted molar refractivity (Wildman–Crippen MR) is 69.8 cm³/mol. The third kappa shape index (κ3) is 9.56. The van der Waals surface area contributed by atoms with Crippen LogP contribution in [0.5, 0.6) is 0 Å². The first-order valence-electron chi connectivity index (χ1n) is 6.59. The quantitative estimate of drug-likeness (QED) is 0.434. The Balaban J connectivity index is 0.000000437. The van der Waals surface area contributed by atoms with Gasteiger partial charge in [-0.1, -0.05) is 13.3 Å². The van der Waals surface area contributed by atoms with E-state index >= 15 is 0 Å². The second-order valence-corrected chi connectivity index (χ2v) is 6.36. The third-order valence-corrected chi connectivity index (χ3v) is 3.42. The standard InChI is InChI=1S/C11H24N.CH4O3S/c1-3-5-6-9-12(4-2)10-7-8-11-12;1-5(2,3)4/h3-11H2,1-2H3;1H3,(H,2,3,4)/q+1;/p-1. The molecule has 0 atom stereocenters. The summed E-state index contributed by atoms with van der Waals surface area (Å²) >= 11 is 0. The summed E-state index contributed by atoms with van der Waals surface area (Å²) in [5, 5.41) is 0. The molecule has 0 radical (unpaired) electrons. The molecule has 1 aliphatic rings. The Hall–Kier alpha value is -0.130. The summed E-state index contributed by atoms with van der Waals surface area (Å²) in [5.41, 5.74) is 0. The van der Waals surface area contributed by atoms with Gasteiger partial charge in [0.15, 0.2) is 0 Å². The summed E-state index contributed by atoms with van der Waals surface area (Å²) in [6, 6.07) is 0. The Morgan fingerprint density at radius 3 is 1.94 bits per heavy atom. The van der Waals surface area contributed by atoms with Crippen molar-refractivity contribution in [1.82, 2.24) is 0 Å². The highest BCUT2D eigenvalue weighted by Gasteiger charge is 2.28. The second-order valence-electron chi connectivity index (χ2n) is 4.95. The number of unbranched alkanes of at least 4 members (excludes halogenated alkanes) is 2. The molecule has 0 bridgehead atoms. The summed E-state index contributed by atoms with van der Waals surface area (Å²) in [6.45, 7) is 10.4. The average Bonchev–Trinajstić information content (AvgIpc) is 2.65. The van der Waals surface area contributed by atoms with E-state index in [9.17, 15) is 0 Å². The summed E-state index contributed by atoms with van der Waals surface area (Å²) in [7, 11) is -3.92. The average molecular weight is 265 g/mol. The van der Waals surface area contributed by atoms with Gasteiger partial charge in [0.1, 0.15) is 0 Å². The third-order valence-electron chi connectivity index (χ3n) is 3.42. The molecule has 5 heteroatoms. The number of quaternary nitrogens is 1. The van der Waals surface area contributed by atoms with E-state index in [1.165, 1.54) is 62.8 Å². The Morgan fingerprint density at radius 1 is 1.12 bits per heavy atom. The number of rotatable bonds is 5. The topological polar surface area (TPSA) is 57.2 Å². The molecular weight excluding hydrogens is 238 g/mol. The maximum absolute atomic E-state index is 9.08. The molecule has 0 amide bonds. The number of nitrogens with zero attached hydrogens (tertiary/aromatic N) is 1. The summed E-state index contributed by atoms with van der Waals surface area (Å²) in [6.07, 6.45) is 7.79. The lowest BCUT2D eigenvalue weighted by Crippen LogP contribution is -2.45. The zero-order valence-corrected chi connectivity index (χ0v) is 12.3. The smallest absolute Gasteiger partial charge is 0.0916 e. The minimum Gasteiger partial charge on any atom is -0.748 e. The molecule has 0 aromatic rings. The summed E-state index contributed by atoms with van der Waals surface area (Å²) in [5.74, 6) is 0. The van der Waals surface area contributed by atoms with Crippen LogP contribution in [0.15, 0.2) is 0 Å². The summed E-state index contributed by atoms with van der Waals surface area (Å²) < 4.78 is 28.7. The van der Waals surface area contributed by atoms with Gasteiger partial charge in [-0.05, 0) is 19.8 Å². The predicted octanol–water partition coefficient (Wildman–Crippen LogP) is 1.97. The lowest BCUT2D eigenvalue weighted by Gasteiger charge is -2.33. The molecular formula is C12H27NO3S. The van der Waals surface area contributed by atoms with E-state index in [1.54, 1.807) is 0 Å². The van der Waals surface area contributed by atoms with E-state index in [0.29, 0.717) is 6.26 Å². The van der Waals surface area contributed by atoms with Gasteiger partial charge in [-0.2, -0.15) is 0 Å². The van der Waals surface area contributed by atoms with Crippen molar-refractivity contribution in [3.8, 4) is 0 Å². The van der Waals surface area contributed by atoms with E-state index in [4.69, 9.17) is 13.0 Å². The second kappa shape index (κ2) is 8.06. The molecule has 0 N–H and O–H groups in total. The van der Waals surface area contributed by atoms with Gasteiger partial charge in [-0.15, -0.1) is 0 Å². The van der Waals surface area contributed by atoms with E-state index in [-0.39, 0.29) is 0 Å². The van der Waals surface area contributed by atoms with Crippen molar-refractivity contribution < 1.29 is 17.5 Å². The van der Waals surface area contributed by atoms with Gasteiger partial charge < -0.3 is 9.04 Å². The van der Waals surface area contributed by atoms with Crippen LogP contribution < -0.4 is 0 Å². The zero-order valence-electron chi connectivity index (χ0n) is 11.4. The normalized spacial score (nSPS) is 18.6. The van der Waals surface area contributed by atoms with Gasteiger partial charge >= 0.3 is 0 Å². The van der Waals surface area contributed by atoms with Crippen molar-refractivity contribution in [2.24, 2.45) is 0 Å². The van der Waals surface area contributed by atoms with Crippen LogP contribution in [0, 0.1) is 0 Å². The zero-order chi connectivity index (χ0) is 13.4. The Kier molecular flexibility index (Phi) is 8.00. The largest absolute Gasteiger partial charge is 0.748 e. The van der Waals surface area contributed by atoms with Gasteiger partial charge in [0.25, 0.3) is 0 Å². The number of likely N-dealkylation sites (tertiary alicyclic amines) is 1. The van der Waals surface area contributed by atoms with Gasteiger partial charge in [-0.25, -0.2) is 8.42 Å². The van der Waals surface area contributed by atoms with Crippen LogP contribution in [0.4, 0.5) is 0 Å². The van der Waals surface area contributed by atoms with Crippen molar-refractivity contribution in [3.63, 3.8) is 0 Å². The lowest BCUT2D eigenvalue weighted by molar-refractivity contribution is -0.915. The van der Waals surface area contributed by atoms with Crippen molar-refractivity contribution >= 4 is 10.1 Å². The fourth-order valence-electron chi connectivity index (χ4n) is 2.40. The van der Waals surface area contributed by atoms with E-state index in [2.05, 4.69) is 13.8 Å². The maximum Gasteiger partial charge on any atom is 0.0916 e. The van der Waals surface area contributed by atoms with Crippen molar-refractivity contribution in [2.45, 2.75) is 46.0 Å². The lowest BCUT2D eigenvalue weighted by atomic mass is 10.2. The molecule has 104 valence electrons. The van der Waals surface area contributed by atoms with Crippen LogP contribution in [0.3, 0.4) is 0 Å². The van der Waals surface area contributed by atoms with Crippen LogP contribution in [0.25, 0.3) is 0 Å². The van der Waals surface area contributed by atoms with Crippen LogP contribution in [0.1, 0.15) is 46.0 Å². The van der Waals surface area contributed by atoms with Gasteiger partial charge in [0.05, 0.1) is 36.3 Å². The highest BCUT2D eigenvalue weighted by atomic mass is 32.2. The van der Waals surface area contributed by atoms with Crippen LogP contribution in [-0.2, 0) is 10.1 Å². The molecule has 1 rings (SSSR count). The van der Waals surface area contributed by atoms with Crippen molar-refractivity contribution in [3.05, 3.63) is 0 Å². The fourth-order valence-corrected chi connectivity index (χ4v) is 2.40. The van der Waals surface area contributed by atoms with Crippen molar-refractivity contribution in [1.29, 1.82) is 0 Å². The first kappa shape index (κ1) is 16.9. The molecule has 0 spiro atoms. The van der Waals surface area contributed by atoms with Gasteiger partial charge in [0.2, 0.25) is 0 Å². The van der Waals surface area contributed by atoms with Crippen LogP contribution in [-0.4, -0.2) is 49.9 Å². The van der Waals surface area contributed by atoms with Crippen LogP contribution in [0.2, 0.25) is 0 Å². The monoisotopic (exact) mass is 265 g/mol. The molecule has 1 fully saturated rings. The minimum atomic E-state index is -3.92. The molecule has 0 aromatic carbocycles. The van der Waals surface area contributed by atoms with E-state index in [1.807, 2.05) is 0 Å². The Morgan fingerprint density at radius 2 is 1.59 bits per heavy atom. The molecule has 0 aromatic heterocycles. The van der Waals surface area contributed by atoms with E-state index in [0.717, 1.165) is 0 Å². The number of hydrogen-bond donors (Lipinski definition) is 0. The van der Waals surface area contributed by atoms with Gasteiger partial charge in [0, 0.05) is 19.1 Å². The molecule has 1 aliphatic heterocycles. The molecule has 4 nitrogen and oxygen atoms in total. The minimum absolute atomic E-state index is 0.604. The highest BCUT2D eigenvalue weighted by molar-refractivity contribution is 7.84. The summed E-state index contributed by atoms with van der Waals surface area (Å²) in [4.78, 5) is 0. The first-order chi connectivity index (χ1) is 7.83. The SMILES string of the molecule is CCCCC[N+]1(CC)CCCC1.CS(=O)(=O)[O-]. The highest BCUT2D eigenvalue weighted by Crippen LogP contribution is 2.20. The molecule has 17 heavy (non-hydrogen) atoms. The molecule has 0 saturated carbocycles. The molecule has 1 heterocycles. The number of hydrogen-bond acceptors (Lipinski definition) is 3. The fraction of sp³-hybridized carbons (Fsp3) is 1.00. The Bertz CT molecular complexity index is 274. The van der Waals surface area contributed by atoms with Gasteiger partial charge in [-0.3, -0.25) is 0 Å². The van der Waals surface area contributed by atoms with E-state index < -0.39 is 10.1 Å². The Labute approximate surface area is 106 Å². The molecule has 0 unspecified atom stereocenters. The first-order valence-corrected chi connectivity index (χ1v) is 8.40. The molecule has 0 aliphatic carbocycles. The van der Waals surface area contributed by atoms with Crippen molar-refractivity contribution in [2.75, 3.05) is 32.4 Å². The van der Waals surface area contributed by atoms with Crippen LogP contribution >= 0.6 is 0 Å². The molecule has 1 saturated heterocycles. The maximum atomic E-state index is 9.08.